The third-order valence-corrected chi connectivity index (χ3v) is 1.66. The first-order valence-corrected chi connectivity index (χ1v) is 4.05. The van der Waals surface area contributed by atoms with Gasteiger partial charge in [-0.05, 0) is 27.4 Å². The monoisotopic (exact) mass is 144 g/mol. The molecule has 10 heavy (non-hydrogen) atoms. The molecule has 0 aromatic heterocycles. The Bertz CT molecular complexity index is 71.7. The maximum absolute atomic E-state index is 3.42. The van der Waals surface area contributed by atoms with Crippen LogP contribution >= 0.6 is 0 Å². The molecule has 62 valence electrons. The summed E-state index contributed by atoms with van der Waals surface area (Å²) in [4.78, 5) is 2.19. The van der Waals surface area contributed by atoms with Crippen LogP contribution in [0.4, 0.5) is 0 Å². The van der Waals surface area contributed by atoms with Gasteiger partial charge in [0.15, 0.2) is 0 Å². The van der Waals surface area contributed by atoms with Crippen LogP contribution in [0.3, 0.4) is 0 Å². The molecule has 2 heteroatoms. The van der Waals surface area contributed by atoms with Crippen molar-refractivity contribution in [2.75, 3.05) is 27.2 Å². The van der Waals surface area contributed by atoms with Crippen molar-refractivity contribution in [1.29, 1.82) is 0 Å². The third kappa shape index (κ3) is 6.05. The van der Waals surface area contributed by atoms with Crippen molar-refractivity contribution < 1.29 is 0 Å². The van der Waals surface area contributed by atoms with Crippen molar-refractivity contribution in [3.8, 4) is 0 Å². The number of rotatable bonds is 5. The Morgan fingerprint density at radius 3 is 2.40 bits per heavy atom. The standard InChI is InChI=1S/C8H20N2/c1-5-8(2)9-6-7-10(3)4/h8-9H,5-7H2,1-4H3. The van der Waals surface area contributed by atoms with Crippen LogP contribution in [0.2, 0.25) is 0 Å². The molecule has 0 radical (unpaired) electrons. The van der Waals surface area contributed by atoms with Gasteiger partial charge in [0.1, 0.15) is 0 Å². The predicted molar refractivity (Wildman–Crippen MR) is 46.3 cm³/mol. The average molecular weight is 144 g/mol. The van der Waals surface area contributed by atoms with Crippen molar-refractivity contribution in [1.82, 2.24) is 10.2 Å². The summed E-state index contributed by atoms with van der Waals surface area (Å²) in [6.45, 7) is 6.65. The fraction of sp³-hybridized carbons (Fsp3) is 1.00. The average Bonchev–Trinajstić information content (AvgIpc) is 1.87. The minimum absolute atomic E-state index is 0.667. The van der Waals surface area contributed by atoms with Gasteiger partial charge in [0.05, 0.1) is 0 Å². The van der Waals surface area contributed by atoms with Gasteiger partial charge in [0.25, 0.3) is 0 Å². The highest BCUT2D eigenvalue weighted by Crippen LogP contribution is 1.85. The van der Waals surface area contributed by atoms with Crippen molar-refractivity contribution >= 4 is 0 Å². The van der Waals surface area contributed by atoms with Gasteiger partial charge >= 0.3 is 0 Å². The van der Waals surface area contributed by atoms with Crippen LogP contribution in [-0.2, 0) is 0 Å². The summed E-state index contributed by atoms with van der Waals surface area (Å²) in [6.07, 6.45) is 1.22. The minimum Gasteiger partial charge on any atom is -0.313 e. The second-order valence-electron chi connectivity index (χ2n) is 3.07. The van der Waals surface area contributed by atoms with E-state index in [-0.39, 0.29) is 0 Å². The molecule has 0 rings (SSSR count). The van der Waals surface area contributed by atoms with Gasteiger partial charge in [-0.25, -0.2) is 0 Å². The topological polar surface area (TPSA) is 15.3 Å². The van der Waals surface area contributed by atoms with Gasteiger partial charge in [0.2, 0.25) is 0 Å². The zero-order chi connectivity index (χ0) is 7.98. The SMILES string of the molecule is CCC(C)NCCN(C)C. The molecular formula is C8H20N2. The Labute approximate surface area is 64.6 Å². The van der Waals surface area contributed by atoms with E-state index < -0.39 is 0 Å². The van der Waals surface area contributed by atoms with E-state index >= 15 is 0 Å². The van der Waals surface area contributed by atoms with Crippen LogP contribution in [0.25, 0.3) is 0 Å². The molecule has 0 heterocycles. The quantitative estimate of drug-likeness (QED) is 0.617. The molecule has 0 aliphatic heterocycles. The van der Waals surface area contributed by atoms with E-state index in [2.05, 4.69) is 38.2 Å². The first kappa shape index (κ1) is 9.92. The number of likely N-dealkylation sites (N-methyl/N-ethyl adjacent to an activating group) is 1. The van der Waals surface area contributed by atoms with Gasteiger partial charge in [-0.2, -0.15) is 0 Å². The molecule has 0 bridgehead atoms. The largest absolute Gasteiger partial charge is 0.313 e. The van der Waals surface area contributed by atoms with E-state index in [0.717, 1.165) is 13.1 Å². The first-order valence-electron chi connectivity index (χ1n) is 4.05. The first-order chi connectivity index (χ1) is 4.66. The smallest absolute Gasteiger partial charge is 0.0101 e. The normalized spacial score (nSPS) is 14.1. The van der Waals surface area contributed by atoms with Crippen molar-refractivity contribution in [2.24, 2.45) is 0 Å². The summed E-state index contributed by atoms with van der Waals surface area (Å²) < 4.78 is 0. The van der Waals surface area contributed by atoms with Gasteiger partial charge in [-0.1, -0.05) is 6.92 Å². The number of hydrogen-bond acceptors (Lipinski definition) is 2. The van der Waals surface area contributed by atoms with Crippen LogP contribution in [-0.4, -0.2) is 38.1 Å². The maximum Gasteiger partial charge on any atom is 0.0101 e. The van der Waals surface area contributed by atoms with Crippen molar-refractivity contribution in [2.45, 2.75) is 26.3 Å². The van der Waals surface area contributed by atoms with Crippen LogP contribution in [0.15, 0.2) is 0 Å². The molecule has 0 aliphatic carbocycles. The van der Waals surface area contributed by atoms with Gasteiger partial charge in [-0.15, -0.1) is 0 Å². The summed E-state index contributed by atoms with van der Waals surface area (Å²) in [5.41, 5.74) is 0. The highest BCUT2D eigenvalue weighted by Gasteiger charge is 1.95. The molecule has 0 aromatic rings. The van der Waals surface area contributed by atoms with Crippen LogP contribution in [0, 0.1) is 0 Å². The molecule has 1 N–H and O–H groups in total. The summed E-state index contributed by atoms with van der Waals surface area (Å²) in [6, 6.07) is 0.667. The molecule has 0 saturated carbocycles. The fourth-order valence-corrected chi connectivity index (χ4v) is 0.679. The van der Waals surface area contributed by atoms with Crippen LogP contribution < -0.4 is 5.32 Å². The van der Waals surface area contributed by atoms with E-state index in [1.807, 2.05) is 0 Å². The molecule has 0 aliphatic rings. The van der Waals surface area contributed by atoms with E-state index in [1.165, 1.54) is 6.42 Å². The Hall–Kier alpha value is -0.0800. The molecule has 1 unspecified atom stereocenters. The summed E-state index contributed by atoms with van der Waals surface area (Å²) in [7, 11) is 4.19. The Morgan fingerprint density at radius 2 is 2.00 bits per heavy atom. The second-order valence-corrected chi connectivity index (χ2v) is 3.07. The molecule has 0 amide bonds. The molecule has 0 aromatic carbocycles. The van der Waals surface area contributed by atoms with E-state index in [9.17, 15) is 0 Å². The molecular weight excluding hydrogens is 124 g/mol. The molecule has 0 fully saturated rings. The predicted octanol–water partition coefficient (Wildman–Crippen LogP) is 0.936. The Morgan fingerprint density at radius 1 is 1.40 bits per heavy atom. The van der Waals surface area contributed by atoms with Gasteiger partial charge in [0, 0.05) is 19.1 Å². The lowest BCUT2D eigenvalue weighted by atomic mass is 10.2. The van der Waals surface area contributed by atoms with Crippen LogP contribution in [0.5, 0.6) is 0 Å². The van der Waals surface area contributed by atoms with Crippen LogP contribution in [0.1, 0.15) is 20.3 Å². The molecule has 1 atom stereocenters. The summed E-state index contributed by atoms with van der Waals surface area (Å²) in [5.74, 6) is 0. The minimum atomic E-state index is 0.667. The van der Waals surface area contributed by atoms with E-state index in [0.29, 0.717) is 6.04 Å². The lowest BCUT2D eigenvalue weighted by Gasteiger charge is -2.13. The number of hydrogen-bond donors (Lipinski definition) is 1. The zero-order valence-corrected chi connectivity index (χ0v) is 7.65. The van der Waals surface area contributed by atoms with Gasteiger partial charge < -0.3 is 10.2 Å². The van der Waals surface area contributed by atoms with Gasteiger partial charge in [-0.3, -0.25) is 0 Å². The van der Waals surface area contributed by atoms with Crippen molar-refractivity contribution in [3.63, 3.8) is 0 Å². The van der Waals surface area contributed by atoms with E-state index in [4.69, 9.17) is 0 Å². The number of nitrogens with zero attached hydrogens (tertiary/aromatic N) is 1. The summed E-state index contributed by atoms with van der Waals surface area (Å²) in [5, 5.41) is 3.42. The lowest BCUT2D eigenvalue weighted by molar-refractivity contribution is 0.385. The Kier molecular flexibility index (Phi) is 5.64. The highest BCUT2D eigenvalue weighted by atomic mass is 15.1. The maximum atomic E-state index is 3.42. The number of nitrogens with one attached hydrogen (secondary N) is 1. The molecule has 0 spiro atoms. The summed E-state index contributed by atoms with van der Waals surface area (Å²) >= 11 is 0. The Balaban J connectivity index is 3.03. The molecule has 2 nitrogen and oxygen atoms in total. The second kappa shape index (κ2) is 5.69. The fourth-order valence-electron chi connectivity index (χ4n) is 0.679. The zero-order valence-electron chi connectivity index (χ0n) is 7.65. The highest BCUT2D eigenvalue weighted by molar-refractivity contribution is 4.58. The van der Waals surface area contributed by atoms with E-state index in [1.54, 1.807) is 0 Å². The van der Waals surface area contributed by atoms with Crippen molar-refractivity contribution in [3.05, 3.63) is 0 Å². The lowest BCUT2D eigenvalue weighted by Crippen LogP contribution is -2.32. The molecule has 0 saturated heterocycles. The third-order valence-electron chi connectivity index (χ3n) is 1.66.